The van der Waals surface area contributed by atoms with Gasteiger partial charge in [0, 0.05) is 31.9 Å². The third kappa shape index (κ3) is 7.46. The fourth-order valence-corrected chi connectivity index (χ4v) is 3.80. The summed E-state index contributed by atoms with van der Waals surface area (Å²) in [5, 5.41) is 15.4. The van der Waals surface area contributed by atoms with E-state index in [4.69, 9.17) is 4.74 Å². The van der Waals surface area contributed by atoms with Gasteiger partial charge >= 0.3 is 5.97 Å². The van der Waals surface area contributed by atoms with Gasteiger partial charge in [0.1, 0.15) is 11.6 Å². The maximum absolute atomic E-state index is 12.7. The van der Waals surface area contributed by atoms with Crippen molar-refractivity contribution in [3.63, 3.8) is 0 Å². The Bertz CT molecular complexity index is 1020. The van der Waals surface area contributed by atoms with Gasteiger partial charge in [-0.25, -0.2) is 4.79 Å². The summed E-state index contributed by atoms with van der Waals surface area (Å²) in [6.45, 7) is 5.16. The first-order valence-corrected chi connectivity index (χ1v) is 11.8. The molecule has 1 aliphatic heterocycles. The zero-order valence-corrected chi connectivity index (χ0v) is 19.6. The van der Waals surface area contributed by atoms with Crippen LogP contribution >= 0.6 is 0 Å². The maximum Gasteiger partial charge on any atom is 0.340 e. The second-order valence-corrected chi connectivity index (χ2v) is 8.36. The molecule has 0 atom stereocenters. The van der Waals surface area contributed by atoms with Gasteiger partial charge in [-0.05, 0) is 37.0 Å². The van der Waals surface area contributed by atoms with Crippen LogP contribution in [0.4, 0.5) is 5.69 Å². The van der Waals surface area contributed by atoms with Crippen LogP contribution in [-0.2, 0) is 16.1 Å². The Balaban J connectivity index is 1.53. The highest BCUT2D eigenvalue weighted by Gasteiger charge is 2.20. The molecule has 1 saturated heterocycles. The summed E-state index contributed by atoms with van der Waals surface area (Å²) in [6, 6.07) is 19.2. The molecule has 0 saturated carbocycles. The summed E-state index contributed by atoms with van der Waals surface area (Å²) in [6.07, 6.45) is 5.03. The molecule has 7 nitrogen and oxygen atoms in total. The van der Waals surface area contributed by atoms with Crippen molar-refractivity contribution < 1.29 is 14.3 Å². The Morgan fingerprint density at radius 3 is 2.53 bits per heavy atom. The van der Waals surface area contributed by atoms with Gasteiger partial charge in [-0.15, -0.1) is 0 Å². The lowest BCUT2D eigenvalue weighted by Crippen LogP contribution is -2.40. The standard InChI is InChI=1S/C27H32N4O3/c1-2-3-17-34-27(33)24-11-7-8-12-25(24)30-26(32)22(18-28)19-29-23-13-15-31(16-14-23)20-21-9-5-4-6-10-21/h4-12,19,23,29H,2-3,13-17,20H2,1H3,(H,30,32)/b22-19-. The number of nitrogens with zero attached hydrogens (tertiary/aromatic N) is 2. The first-order chi connectivity index (χ1) is 16.6. The van der Waals surface area contributed by atoms with Crippen LogP contribution < -0.4 is 10.6 Å². The molecule has 2 aromatic rings. The average molecular weight is 461 g/mol. The Morgan fingerprint density at radius 2 is 1.82 bits per heavy atom. The van der Waals surface area contributed by atoms with Gasteiger partial charge in [0.25, 0.3) is 5.91 Å². The van der Waals surface area contributed by atoms with Crippen molar-refractivity contribution in [2.24, 2.45) is 0 Å². The van der Waals surface area contributed by atoms with Crippen LogP contribution in [0.25, 0.3) is 0 Å². The van der Waals surface area contributed by atoms with Gasteiger partial charge in [-0.2, -0.15) is 5.26 Å². The molecule has 1 heterocycles. The Morgan fingerprint density at radius 1 is 1.12 bits per heavy atom. The minimum atomic E-state index is -0.565. The normalized spacial score (nSPS) is 14.8. The van der Waals surface area contributed by atoms with Crippen LogP contribution in [0.1, 0.15) is 48.5 Å². The fourth-order valence-electron chi connectivity index (χ4n) is 3.80. The van der Waals surface area contributed by atoms with Crippen molar-refractivity contribution in [2.45, 2.75) is 45.2 Å². The molecule has 2 N–H and O–H groups in total. The molecule has 2 aromatic carbocycles. The quantitative estimate of drug-likeness (QED) is 0.238. The number of hydrogen-bond donors (Lipinski definition) is 2. The van der Waals surface area contributed by atoms with Crippen molar-refractivity contribution in [3.05, 3.63) is 77.5 Å². The molecule has 0 spiro atoms. The summed E-state index contributed by atoms with van der Waals surface area (Å²) >= 11 is 0. The summed E-state index contributed by atoms with van der Waals surface area (Å²) in [4.78, 5) is 27.5. The second-order valence-electron chi connectivity index (χ2n) is 8.36. The predicted molar refractivity (Wildman–Crippen MR) is 132 cm³/mol. The number of unbranched alkanes of at least 4 members (excludes halogenated alkanes) is 1. The molecule has 178 valence electrons. The lowest BCUT2D eigenvalue weighted by molar-refractivity contribution is -0.112. The summed E-state index contributed by atoms with van der Waals surface area (Å²) in [5.74, 6) is -1.06. The van der Waals surface area contributed by atoms with Gasteiger partial charge in [0.15, 0.2) is 0 Å². The van der Waals surface area contributed by atoms with E-state index in [2.05, 4.69) is 39.8 Å². The molecule has 0 aromatic heterocycles. The van der Waals surface area contributed by atoms with Crippen molar-refractivity contribution >= 4 is 17.6 Å². The Labute approximate surface area is 201 Å². The molecule has 0 aliphatic carbocycles. The van der Waals surface area contributed by atoms with Crippen LogP contribution in [0.2, 0.25) is 0 Å². The molecule has 7 heteroatoms. The number of rotatable bonds is 10. The smallest absolute Gasteiger partial charge is 0.340 e. The molecule has 1 aliphatic rings. The SMILES string of the molecule is CCCCOC(=O)c1ccccc1NC(=O)/C(C#N)=C\NC1CCN(Cc2ccccc2)CC1. The summed E-state index contributed by atoms with van der Waals surface area (Å²) in [7, 11) is 0. The fraction of sp³-hybridized carbons (Fsp3) is 0.370. The first-order valence-electron chi connectivity index (χ1n) is 11.8. The summed E-state index contributed by atoms with van der Waals surface area (Å²) in [5.41, 5.74) is 1.85. The predicted octanol–water partition coefficient (Wildman–Crippen LogP) is 4.24. The number of para-hydroxylation sites is 1. The van der Waals surface area contributed by atoms with Crippen molar-refractivity contribution in [1.29, 1.82) is 5.26 Å². The Hall–Kier alpha value is -3.63. The number of carbonyl (C=O) groups excluding carboxylic acids is 2. The van der Waals surface area contributed by atoms with Gasteiger partial charge in [-0.1, -0.05) is 55.8 Å². The average Bonchev–Trinajstić information content (AvgIpc) is 2.86. The van der Waals surface area contributed by atoms with Crippen molar-refractivity contribution in [1.82, 2.24) is 10.2 Å². The van der Waals surface area contributed by atoms with Gasteiger partial charge in [-0.3, -0.25) is 9.69 Å². The van der Waals surface area contributed by atoms with E-state index < -0.39 is 11.9 Å². The number of hydrogen-bond acceptors (Lipinski definition) is 6. The number of esters is 1. The van der Waals surface area contributed by atoms with Crippen LogP contribution in [-0.4, -0.2) is 42.5 Å². The van der Waals surface area contributed by atoms with Crippen molar-refractivity contribution in [3.8, 4) is 6.07 Å². The number of nitrogens with one attached hydrogen (secondary N) is 2. The van der Waals surface area contributed by atoms with E-state index in [1.807, 2.05) is 19.1 Å². The molecular formula is C27H32N4O3. The number of anilines is 1. The third-order valence-electron chi connectivity index (χ3n) is 5.79. The van der Waals surface area contributed by atoms with E-state index in [0.29, 0.717) is 12.3 Å². The lowest BCUT2D eigenvalue weighted by atomic mass is 10.0. The van der Waals surface area contributed by atoms with E-state index in [0.717, 1.165) is 45.3 Å². The molecule has 0 bridgehead atoms. The minimum Gasteiger partial charge on any atom is -0.462 e. The second kappa shape index (κ2) is 13.2. The number of nitriles is 1. The zero-order chi connectivity index (χ0) is 24.2. The number of benzene rings is 2. The van der Waals surface area contributed by atoms with E-state index in [9.17, 15) is 14.9 Å². The molecule has 0 radical (unpaired) electrons. The highest BCUT2D eigenvalue weighted by atomic mass is 16.5. The number of carbonyl (C=O) groups is 2. The van der Waals surface area contributed by atoms with Crippen LogP contribution in [0.15, 0.2) is 66.4 Å². The number of likely N-dealkylation sites (tertiary alicyclic amines) is 1. The first kappa shape index (κ1) is 25.0. The topological polar surface area (TPSA) is 94.5 Å². The van der Waals surface area contributed by atoms with Crippen LogP contribution in [0, 0.1) is 11.3 Å². The molecule has 3 rings (SSSR count). The summed E-state index contributed by atoms with van der Waals surface area (Å²) < 4.78 is 5.26. The van der Waals surface area contributed by atoms with E-state index in [1.54, 1.807) is 24.3 Å². The highest BCUT2D eigenvalue weighted by Crippen LogP contribution is 2.18. The molecular weight excluding hydrogens is 428 g/mol. The minimum absolute atomic E-state index is 0.0409. The van der Waals surface area contributed by atoms with E-state index in [-0.39, 0.29) is 17.2 Å². The largest absolute Gasteiger partial charge is 0.462 e. The van der Waals surface area contributed by atoms with E-state index >= 15 is 0 Å². The Kier molecular flexibility index (Phi) is 9.68. The number of amides is 1. The molecule has 34 heavy (non-hydrogen) atoms. The zero-order valence-electron chi connectivity index (χ0n) is 19.6. The maximum atomic E-state index is 12.7. The highest BCUT2D eigenvalue weighted by molar-refractivity contribution is 6.09. The van der Waals surface area contributed by atoms with E-state index in [1.165, 1.54) is 11.8 Å². The molecule has 1 amide bonds. The van der Waals surface area contributed by atoms with Gasteiger partial charge < -0.3 is 15.4 Å². The third-order valence-corrected chi connectivity index (χ3v) is 5.79. The van der Waals surface area contributed by atoms with Gasteiger partial charge in [0.05, 0.1) is 17.9 Å². The van der Waals surface area contributed by atoms with Gasteiger partial charge in [0.2, 0.25) is 0 Å². The van der Waals surface area contributed by atoms with Crippen LogP contribution in [0.3, 0.4) is 0 Å². The monoisotopic (exact) mass is 460 g/mol. The molecule has 0 unspecified atom stereocenters. The van der Waals surface area contributed by atoms with Crippen molar-refractivity contribution in [2.75, 3.05) is 25.0 Å². The lowest BCUT2D eigenvalue weighted by Gasteiger charge is -2.32. The number of ether oxygens (including phenoxy) is 1. The number of piperidine rings is 1. The molecule has 1 fully saturated rings. The van der Waals surface area contributed by atoms with Crippen LogP contribution in [0.5, 0.6) is 0 Å².